The molecule has 2 nitrogen and oxygen atoms in total. The average molecular weight is 248 g/mol. The van der Waals surface area contributed by atoms with Crippen molar-refractivity contribution in [3.05, 3.63) is 34.9 Å². The topological polar surface area (TPSA) is 29.5 Å². The highest BCUT2D eigenvalue weighted by Gasteiger charge is 2.38. The lowest BCUT2D eigenvalue weighted by Crippen LogP contribution is -2.42. The van der Waals surface area contributed by atoms with Crippen LogP contribution < -0.4 is 0 Å². The van der Waals surface area contributed by atoms with Gasteiger partial charge < -0.3 is 9.84 Å². The summed E-state index contributed by atoms with van der Waals surface area (Å²) >= 11 is 0. The van der Waals surface area contributed by atoms with Gasteiger partial charge in [0.2, 0.25) is 0 Å². The predicted octanol–water partition coefficient (Wildman–Crippen LogP) is 3.17. The molecule has 1 aromatic carbocycles. The lowest BCUT2D eigenvalue weighted by atomic mass is 9.75. The van der Waals surface area contributed by atoms with Crippen molar-refractivity contribution in [3.8, 4) is 0 Å². The number of aliphatic hydroxyl groups is 1. The first-order valence-corrected chi connectivity index (χ1v) is 6.83. The van der Waals surface area contributed by atoms with E-state index in [4.69, 9.17) is 4.74 Å². The molecule has 18 heavy (non-hydrogen) atoms. The molecule has 1 fully saturated rings. The Labute approximate surface area is 110 Å². The molecule has 0 amide bonds. The van der Waals surface area contributed by atoms with Crippen molar-refractivity contribution in [2.24, 2.45) is 0 Å². The summed E-state index contributed by atoms with van der Waals surface area (Å²) in [6, 6.07) is 6.49. The second kappa shape index (κ2) is 5.41. The minimum atomic E-state index is -0.300. The summed E-state index contributed by atoms with van der Waals surface area (Å²) in [6.07, 6.45) is 4.60. The van der Waals surface area contributed by atoms with Crippen LogP contribution in [0.1, 0.15) is 42.4 Å². The molecule has 0 bridgehead atoms. The maximum Gasteiger partial charge on any atom is 0.0703 e. The molecule has 0 radical (unpaired) electrons. The van der Waals surface area contributed by atoms with Gasteiger partial charge in [-0.15, -0.1) is 0 Å². The van der Waals surface area contributed by atoms with Crippen molar-refractivity contribution < 1.29 is 9.84 Å². The fraction of sp³-hybridized carbons (Fsp3) is 0.625. The predicted molar refractivity (Wildman–Crippen MR) is 73.8 cm³/mol. The summed E-state index contributed by atoms with van der Waals surface area (Å²) in [5.41, 5.74) is 3.72. The lowest BCUT2D eigenvalue weighted by molar-refractivity contribution is -0.0989. The van der Waals surface area contributed by atoms with Gasteiger partial charge in [0.15, 0.2) is 0 Å². The molecule has 0 heterocycles. The van der Waals surface area contributed by atoms with E-state index in [9.17, 15) is 5.11 Å². The van der Waals surface area contributed by atoms with E-state index in [1.165, 1.54) is 23.1 Å². The molecule has 0 spiro atoms. The van der Waals surface area contributed by atoms with Gasteiger partial charge in [-0.2, -0.15) is 0 Å². The van der Waals surface area contributed by atoms with Crippen LogP contribution in [0, 0.1) is 13.8 Å². The standard InChI is InChI=1S/C16H24O2/c1-12-7-13(2)9-14(8-12)10-15(17)11-16(18-3)5-4-6-16/h7-9,15,17H,4-6,10-11H2,1-3H3. The number of aliphatic hydroxyl groups excluding tert-OH is 1. The van der Waals surface area contributed by atoms with Gasteiger partial charge in [0.1, 0.15) is 0 Å². The second-order valence-electron chi connectivity index (χ2n) is 5.80. The van der Waals surface area contributed by atoms with E-state index in [2.05, 4.69) is 32.0 Å². The van der Waals surface area contributed by atoms with E-state index in [1.807, 2.05) is 0 Å². The Hall–Kier alpha value is -0.860. The number of rotatable bonds is 5. The molecule has 1 saturated carbocycles. The molecule has 0 aromatic heterocycles. The van der Waals surface area contributed by atoms with Crippen LogP contribution in [-0.4, -0.2) is 23.9 Å². The van der Waals surface area contributed by atoms with Crippen LogP contribution in [0.3, 0.4) is 0 Å². The van der Waals surface area contributed by atoms with Gasteiger partial charge >= 0.3 is 0 Å². The third kappa shape index (κ3) is 3.12. The van der Waals surface area contributed by atoms with Crippen LogP contribution in [0.25, 0.3) is 0 Å². The summed E-state index contributed by atoms with van der Waals surface area (Å²) in [6.45, 7) is 4.21. The molecular formula is C16H24O2. The van der Waals surface area contributed by atoms with Crippen molar-refractivity contribution in [3.63, 3.8) is 0 Å². The van der Waals surface area contributed by atoms with Gasteiger partial charge in [0, 0.05) is 13.5 Å². The molecule has 1 atom stereocenters. The largest absolute Gasteiger partial charge is 0.393 e. The van der Waals surface area contributed by atoms with Crippen LogP contribution in [0.15, 0.2) is 18.2 Å². The van der Waals surface area contributed by atoms with Crippen LogP contribution in [0.2, 0.25) is 0 Å². The van der Waals surface area contributed by atoms with Crippen molar-refractivity contribution in [1.82, 2.24) is 0 Å². The third-order valence-corrected chi connectivity index (χ3v) is 4.06. The zero-order valence-electron chi connectivity index (χ0n) is 11.7. The second-order valence-corrected chi connectivity index (χ2v) is 5.80. The van der Waals surface area contributed by atoms with Crippen LogP contribution in [0.4, 0.5) is 0 Å². The van der Waals surface area contributed by atoms with E-state index in [0.29, 0.717) is 0 Å². The number of benzene rings is 1. The van der Waals surface area contributed by atoms with E-state index in [-0.39, 0.29) is 11.7 Å². The molecule has 2 heteroatoms. The van der Waals surface area contributed by atoms with Gasteiger partial charge in [-0.3, -0.25) is 0 Å². The van der Waals surface area contributed by atoms with Gasteiger partial charge in [-0.1, -0.05) is 29.3 Å². The number of methoxy groups -OCH3 is 1. The van der Waals surface area contributed by atoms with Crippen molar-refractivity contribution >= 4 is 0 Å². The van der Waals surface area contributed by atoms with Crippen LogP contribution in [0.5, 0.6) is 0 Å². The quantitative estimate of drug-likeness (QED) is 0.867. The molecular weight excluding hydrogens is 224 g/mol. The zero-order chi connectivity index (χ0) is 13.2. The number of aryl methyl sites for hydroxylation is 2. The van der Waals surface area contributed by atoms with Crippen LogP contribution in [-0.2, 0) is 11.2 Å². The zero-order valence-corrected chi connectivity index (χ0v) is 11.7. The molecule has 1 aliphatic rings. The highest BCUT2D eigenvalue weighted by atomic mass is 16.5. The van der Waals surface area contributed by atoms with Gasteiger partial charge in [-0.05, 0) is 45.1 Å². The first-order chi connectivity index (χ1) is 8.53. The highest BCUT2D eigenvalue weighted by molar-refractivity contribution is 5.29. The molecule has 1 aliphatic carbocycles. The maximum atomic E-state index is 10.2. The van der Waals surface area contributed by atoms with E-state index in [1.54, 1.807) is 7.11 Å². The molecule has 1 aromatic rings. The van der Waals surface area contributed by atoms with Gasteiger partial charge in [0.05, 0.1) is 11.7 Å². The molecule has 1 unspecified atom stereocenters. The molecule has 100 valence electrons. The average Bonchev–Trinajstić information content (AvgIpc) is 2.21. The highest BCUT2D eigenvalue weighted by Crippen LogP contribution is 2.39. The summed E-state index contributed by atoms with van der Waals surface area (Å²) in [5.74, 6) is 0. The SMILES string of the molecule is COC1(CC(O)Cc2cc(C)cc(C)c2)CCC1. The Morgan fingerprint density at radius 2 is 1.83 bits per heavy atom. The Bertz CT molecular complexity index is 382. The fourth-order valence-corrected chi connectivity index (χ4v) is 3.02. The molecule has 1 N–H and O–H groups in total. The molecule has 0 aliphatic heterocycles. The monoisotopic (exact) mass is 248 g/mol. The summed E-state index contributed by atoms with van der Waals surface area (Å²) in [5, 5.41) is 10.2. The van der Waals surface area contributed by atoms with Crippen molar-refractivity contribution in [1.29, 1.82) is 0 Å². The van der Waals surface area contributed by atoms with E-state index < -0.39 is 0 Å². The Balaban J connectivity index is 1.96. The van der Waals surface area contributed by atoms with Crippen LogP contribution >= 0.6 is 0 Å². The Morgan fingerprint density at radius 3 is 2.28 bits per heavy atom. The summed E-state index contributed by atoms with van der Waals surface area (Å²) < 4.78 is 5.57. The smallest absolute Gasteiger partial charge is 0.0703 e. The number of hydrogen-bond acceptors (Lipinski definition) is 2. The Kier molecular flexibility index (Phi) is 4.08. The Morgan fingerprint density at radius 1 is 1.22 bits per heavy atom. The summed E-state index contributed by atoms with van der Waals surface area (Å²) in [4.78, 5) is 0. The first-order valence-electron chi connectivity index (χ1n) is 6.83. The van der Waals surface area contributed by atoms with E-state index in [0.717, 1.165) is 25.7 Å². The van der Waals surface area contributed by atoms with Gasteiger partial charge in [-0.25, -0.2) is 0 Å². The maximum absolute atomic E-state index is 10.2. The third-order valence-electron chi connectivity index (χ3n) is 4.06. The number of ether oxygens (including phenoxy) is 1. The normalized spacial score (nSPS) is 19.3. The molecule has 2 rings (SSSR count). The van der Waals surface area contributed by atoms with Crippen molar-refractivity contribution in [2.75, 3.05) is 7.11 Å². The van der Waals surface area contributed by atoms with Gasteiger partial charge in [0.25, 0.3) is 0 Å². The molecule has 0 saturated heterocycles. The summed E-state index contributed by atoms with van der Waals surface area (Å²) in [7, 11) is 1.77. The number of hydrogen-bond donors (Lipinski definition) is 1. The minimum absolute atomic E-state index is 0.0434. The minimum Gasteiger partial charge on any atom is -0.393 e. The fourth-order valence-electron chi connectivity index (χ4n) is 3.02. The first kappa shape index (κ1) is 13.6. The van der Waals surface area contributed by atoms with E-state index >= 15 is 0 Å². The van der Waals surface area contributed by atoms with Crippen molar-refractivity contribution in [2.45, 2.75) is 57.7 Å². The lowest BCUT2D eigenvalue weighted by Gasteiger charge is -2.41.